The third-order valence-corrected chi connectivity index (χ3v) is 7.02. The minimum atomic E-state index is -0.543. The highest BCUT2D eigenvalue weighted by Crippen LogP contribution is 2.37. The zero-order valence-corrected chi connectivity index (χ0v) is 16.5. The molecule has 0 saturated carbocycles. The molecule has 0 bridgehead atoms. The highest BCUT2D eigenvalue weighted by Gasteiger charge is 2.35. The fourth-order valence-corrected chi connectivity index (χ4v) is 5.43. The Balaban J connectivity index is 1.31. The van der Waals surface area contributed by atoms with E-state index in [-0.39, 0.29) is 18.2 Å². The molecule has 1 fully saturated rings. The van der Waals surface area contributed by atoms with Crippen LogP contribution in [0, 0.1) is 5.82 Å². The molecule has 1 atom stereocenters. The smallest absolute Gasteiger partial charge is 0.230 e. The number of likely N-dealkylation sites (tertiary alicyclic amines) is 1. The summed E-state index contributed by atoms with van der Waals surface area (Å²) in [6.45, 7) is 1.29. The predicted octanol–water partition coefficient (Wildman–Crippen LogP) is 4.27. The zero-order valence-electron chi connectivity index (χ0n) is 15.7. The monoisotopic (exact) mass is 409 g/mol. The molecule has 1 saturated heterocycles. The zero-order chi connectivity index (χ0) is 20.0. The van der Waals surface area contributed by atoms with Gasteiger partial charge in [-0.25, -0.2) is 9.37 Å². The summed E-state index contributed by atoms with van der Waals surface area (Å²) >= 11 is 1.73. The molecule has 3 heterocycles. The van der Waals surface area contributed by atoms with Crippen molar-refractivity contribution in [2.75, 3.05) is 18.4 Å². The lowest BCUT2D eigenvalue weighted by atomic mass is 9.88. The average Bonchev–Trinajstić information content (AvgIpc) is 3.17. The number of thiazole rings is 1. The summed E-state index contributed by atoms with van der Waals surface area (Å²) in [7, 11) is 0. The molecule has 0 radical (unpaired) electrons. The molecule has 0 spiro atoms. The van der Waals surface area contributed by atoms with Crippen molar-refractivity contribution in [3.63, 3.8) is 0 Å². The van der Waals surface area contributed by atoms with Gasteiger partial charge in [-0.05, 0) is 42.7 Å². The number of rotatable bonds is 2. The molecule has 1 N–H and O–H groups in total. The first-order valence-corrected chi connectivity index (χ1v) is 10.6. The molecule has 0 aliphatic carbocycles. The molecular formula is C22H20FN3O2S. The summed E-state index contributed by atoms with van der Waals surface area (Å²) in [5, 5.41) is 3.81. The number of carbonyl (C=O) groups is 2. The lowest BCUT2D eigenvalue weighted by Gasteiger charge is -2.35. The van der Waals surface area contributed by atoms with Crippen molar-refractivity contribution in [2.24, 2.45) is 0 Å². The Morgan fingerprint density at radius 3 is 2.76 bits per heavy atom. The molecular weight excluding hydrogens is 389 g/mol. The number of carbonyl (C=O) groups excluding carboxylic acids is 2. The number of nitrogens with one attached hydrogen (secondary N) is 1. The summed E-state index contributed by atoms with van der Waals surface area (Å²) < 4.78 is 14.7. The lowest BCUT2D eigenvalue weighted by molar-refractivity contribution is -0.135. The van der Waals surface area contributed by atoms with Gasteiger partial charge in [-0.2, -0.15) is 0 Å². The maximum Gasteiger partial charge on any atom is 0.230 e. The van der Waals surface area contributed by atoms with Crippen molar-refractivity contribution in [1.82, 2.24) is 9.88 Å². The van der Waals surface area contributed by atoms with Gasteiger partial charge in [0.1, 0.15) is 5.82 Å². The van der Waals surface area contributed by atoms with Crippen LogP contribution in [0.4, 0.5) is 10.1 Å². The number of aromatic nitrogens is 1. The van der Waals surface area contributed by atoms with Crippen molar-refractivity contribution in [3.8, 4) is 0 Å². The molecule has 2 amide bonds. The van der Waals surface area contributed by atoms with E-state index in [4.69, 9.17) is 4.98 Å². The summed E-state index contributed by atoms with van der Waals surface area (Å²) in [6, 6.07) is 12.4. The first kappa shape index (κ1) is 18.2. The van der Waals surface area contributed by atoms with Crippen molar-refractivity contribution in [3.05, 3.63) is 58.9 Å². The first-order valence-electron chi connectivity index (χ1n) is 9.82. The Labute approximate surface area is 171 Å². The van der Waals surface area contributed by atoms with Crippen LogP contribution in [0.5, 0.6) is 0 Å². The van der Waals surface area contributed by atoms with Gasteiger partial charge in [0.05, 0.1) is 21.1 Å². The van der Waals surface area contributed by atoms with Gasteiger partial charge in [-0.3, -0.25) is 9.59 Å². The van der Waals surface area contributed by atoms with Crippen LogP contribution in [0.3, 0.4) is 0 Å². The Bertz CT molecular complexity index is 1070. The second-order valence-corrected chi connectivity index (χ2v) is 8.72. The molecule has 29 heavy (non-hydrogen) atoms. The van der Waals surface area contributed by atoms with Crippen LogP contribution in [0.15, 0.2) is 42.5 Å². The number of hydrogen-bond donors (Lipinski definition) is 1. The standard InChI is InChI=1S/C22H20FN3O2S/c23-14-5-6-15-16(12-20(27)24-18(15)11-14)22(28)26-9-7-13(8-10-26)21-25-17-3-1-2-4-19(17)29-21/h1-6,11,13,16H,7-10,12H2,(H,24,27). The van der Waals surface area contributed by atoms with E-state index in [2.05, 4.69) is 11.4 Å². The SMILES string of the molecule is O=C1CC(C(=O)N2CCC(c3nc4ccccc4s3)CC2)c2ccc(F)cc2N1. The maximum atomic E-state index is 13.5. The molecule has 2 aromatic carbocycles. The van der Waals surface area contributed by atoms with E-state index in [1.165, 1.54) is 16.8 Å². The second kappa shape index (κ2) is 7.22. The number of para-hydroxylation sites is 1. The van der Waals surface area contributed by atoms with Gasteiger partial charge in [0.15, 0.2) is 0 Å². The minimum Gasteiger partial charge on any atom is -0.342 e. The molecule has 1 unspecified atom stereocenters. The van der Waals surface area contributed by atoms with Gasteiger partial charge in [-0.15, -0.1) is 11.3 Å². The van der Waals surface area contributed by atoms with Crippen molar-refractivity contribution < 1.29 is 14.0 Å². The molecule has 7 heteroatoms. The van der Waals surface area contributed by atoms with Crippen LogP contribution in [-0.2, 0) is 9.59 Å². The normalized spacial score (nSPS) is 19.8. The van der Waals surface area contributed by atoms with Crippen LogP contribution >= 0.6 is 11.3 Å². The highest BCUT2D eigenvalue weighted by molar-refractivity contribution is 7.18. The first-order chi connectivity index (χ1) is 14.1. The maximum absolute atomic E-state index is 13.5. The summed E-state index contributed by atoms with van der Waals surface area (Å²) in [5.41, 5.74) is 2.14. The van der Waals surface area contributed by atoms with E-state index < -0.39 is 11.7 Å². The van der Waals surface area contributed by atoms with Gasteiger partial charge < -0.3 is 10.2 Å². The van der Waals surface area contributed by atoms with Gasteiger partial charge in [0.25, 0.3) is 0 Å². The van der Waals surface area contributed by atoms with Crippen LogP contribution in [-0.4, -0.2) is 34.8 Å². The fourth-order valence-electron chi connectivity index (χ4n) is 4.29. The van der Waals surface area contributed by atoms with Gasteiger partial charge in [-0.1, -0.05) is 18.2 Å². The van der Waals surface area contributed by atoms with E-state index in [0.717, 1.165) is 23.4 Å². The number of fused-ring (bicyclic) bond motifs is 2. The summed E-state index contributed by atoms with van der Waals surface area (Å²) in [6.07, 6.45) is 1.83. The van der Waals surface area contributed by atoms with Crippen molar-refractivity contribution in [2.45, 2.75) is 31.1 Å². The van der Waals surface area contributed by atoms with E-state index in [1.54, 1.807) is 17.4 Å². The number of benzene rings is 2. The molecule has 3 aromatic rings. The topological polar surface area (TPSA) is 62.3 Å². The number of anilines is 1. The van der Waals surface area contributed by atoms with Crippen LogP contribution in [0.1, 0.15) is 41.7 Å². The largest absolute Gasteiger partial charge is 0.342 e. The minimum absolute atomic E-state index is 0.0459. The Hall–Kier alpha value is -2.80. The molecule has 1 aromatic heterocycles. The van der Waals surface area contributed by atoms with E-state index in [9.17, 15) is 14.0 Å². The molecule has 5 nitrogen and oxygen atoms in total. The van der Waals surface area contributed by atoms with Gasteiger partial charge in [0, 0.05) is 31.1 Å². The van der Waals surface area contributed by atoms with Gasteiger partial charge >= 0.3 is 0 Å². The predicted molar refractivity (Wildman–Crippen MR) is 111 cm³/mol. The number of amides is 2. The Morgan fingerprint density at radius 1 is 1.17 bits per heavy atom. The van der Waals surface area contributed by atoms with Crippen LogP contribution < -0.4 is 5.32 Å². The number of nitrogens with zero attached hydrogens (tertiary/aromatic N) is 2. The lowest BCUT2D eigenvalue weighted by Crippen LogP contribution is -2.42. The van der Waals surface area contributed by atoms with Crippen molar-refractivity contribution >= 4 is 39.1 Å². The second-order valence-electron chi connectivity index (χ2n) is 7.66. The van der Waals surface area contributed by atoms with E-state index in [0.29, 0.717) is 30.3 Å². The third-order valence-electron chi connectivity index (χ3n) is 5.82. The Morgan fingerprint density at radius 2 is 1.97 bits per heavy atom. The number of piperidine rings is 1. The molecule has 2 aliphatic heterocycles. The van der Waals surface area contributed by atoms with Crippen LogP contribution in [0.2, 0.25) is 0 Å². The van der Waals surface area contributed by atoms with Crippen LogP contribution in [0.25, 0.3) is 10.2 Å². The number of halogens is 1. The summed E-state index contributed by atoms with van der Waals surface area (Å²) in [5.74, 6) is -0.902. The fraction of sp³-hybridized carbons (Fsp3) is 0.318. The number of hydrogen-bond acceptors (Lipinski definition) is 4. The third kappa shape index (κ3) is 3.40. The van der Waals surface area contributed by atoms with E-state index in [1.807, 2.05) is 23.1 Å². The molecule has 2 aliphatic rings. The molecule has 148 valence electrons. The molecule has 5 rings (SSSR count). The Kier molecular flexibility index (Phi) is 4.54. The van der Waals surface area contributed by atoms with Gasteiger partial charge in [0.2, 0.25) is 11.8 Å². The average molecular weight is 409 g/mol. The quantitative estimate of drug-likeness (QED) is 0.688. The van der Waals surface area contributed by atoms with Crippen molar-refractivity contribution in [1.29, 1.82) is 0 Å². The van der Waals surface area contributed by atoms with E-state index >= 15 is 0 Å². The highest BCUT2D eigenvalue weighted by atomic mass is 32.1. The summed E-state index contributed by atoms with van der Waals surface area (Å²) in [4.78, 5) is 31.8.